The highest BCUT2D eigenvalue weighted by Crippen LogP contribution is 2.18. The van der Waals surface area contributed by atoms with Crippen molar-refractivity contribution >= 4 is 40.6 Å². The maximum Gasteiger partial charge on any atom is 0.354 e. The van der Waals surface area contributed by atoms with Crippen LogP contribution in [0.5, 0.6) is 0 Å². The maximum absolute atomic E-state index is 12.0. The normalized spacial score (nSPS) is 10.7. The summed E-state index contributed by atoms with van der Waals surface area (Å²) in [5.74, 6) is -1.59. The number of thiophene rings is 1. The molecule has 0 bridgehead atoms. The second-order valence-electron chi connectivity index (χ2n) is 4.71. The minimum Gasteiger partial charge on any atom is -0.466 e. The van der Waals surface area contributed by atoms with E-state index >= 15 is 0 Å². The van der Waals surface area contributed by atoms with Gasteiger partial charge in [-0.15, -0.1) is 11.3 Å². The van der Waals surface area contributed by atoms with E-state index in [1.54, 1.807) is 36.4 Å². The molecule has 0 unspecified atom stereocenters. The maximum atomic E-state index is 12.0. The molecule has 0 aliphatic heterocycles. The number of esters is 2. The van der Waals surface area contributed by atoms with Crippen molar-refractivity contribution < 1.29 is 23.9 Å². The van der Waals surface area contributed by atoms with Gasteiger partial charge in [0.25, 0.3) is 5.91 Å². The van der Waals surface area contributed by atoms with Gasteiger partial charge in [0.15, 0.2) is 0 Å². The zero-order valence-electron chi connectivity index (χ0n) is 13.6. The van der Waals surface area contributed by atoms with Crippen LogP contribution in [-0.2, 0) is 19.1 Å². The average Bonchev–Trinajstić information content (AvgIpc) is 3.16. The molecule has 2 rings (SSSR count). The third-order valence-corrected chi connectivity index (χ3v) is 3.90. The first-order chi connectivity index (χ1) is 12.0. The lowest BCUT2D eigenvalue weighted by atomic mass is 10.2. The highest BCUT2D eigenvalue weighted by Gasteiger charge is 2.13. The Bertz CT molecular complexity index is 782. The number of hydrogen-bond donors (Lipinski definition) is 2. The number of rotatable bonds is 6. The van der Waals surface area contributed by atoms with E-state index in [-0.39, 0.29) is 11.6 Å². The zero-order chi connectivity index (χ0) is 18.2. The predicted octanol–water partition coefficient (Wildman–Crippen LogP) is 2.64. The number of nitrogens with one attached hydrogen (secondary N) is 2. The van der Waals surface area contributed by atoms with E-state index in [0.717, 1.165) is 6.08 Å². The molecule has 2 aromatic rings. The first kappa shape index (κ1) is 18.2. The lowest BCUT2D eigenvalue weighted by molar-refractivity contribution is -0.138. The summed E-state index contributed by atoms with van der Waals surface area (Å²) in [5.41, 5.74) is 1.07. The summed E-state index contributed by atoms with van der Waals surface area (Å²) in [6, 6.07) is 10.2. The topological polar surface area (TPSA) is 93.7 Å². The van der Waals surface area contributed by atoms with Gasteiger partial charge in [-0.3, -0.25) is 4.79 Å². The van der Waals surface area contributed by atoms with Crippen molar-refractivity contribution in [2.45, 2.75) is 0 Å². The van der Waals surface area contributed by atoms with Gasteiger partial charge in [-0.2, -0.15) is 0 Å². The molecule has 0 radical (unpaired) electrons. The molecule has 8 heteroatoms. The highest BCUT2D eigenvalue weighted by molar-refractivity contribution is 7.12. The fourth-order valence-electron chi connectivity index (χ4n) is 1.83. The molecule has 0 aliphatic carbocycles. The minimum absolute atomic E-state index is 0.0651. The van der Waals surface area contributed by atoms with E-state index in [2.05, 4.69) is 20.1 Å². The molecular weight excluding hydrogens is 344 g/mol. The summed E-state index contributed by atoms with van der Waals surface area (Å²) in [7, 11) is 2.41. The summed E-state index contributed by atoms with van der Waals surface area (Å²) in [5, 5.41) is 7.36. The fraction of sp³-hybridized carbons (Fsp3) is 0.118. The van der Waals surface area contributed by atoms with Crippen LogP contribution in [0.1, 0.15) is 9.67 Å². The summed E-state index contributed by atoms with van der Waals surface area (Å²) >= 11 is 1.35. The fourth-order valence-corrected chi connectivity index (χ4v) is 2.44. The van der Waals surface area contributed by atoms with Gasteiger partial charge in [-0.1, -0.05) is 6.07 Å². The Morgan fingerprint density at radius 2 is 1.60 bits per heavy atom. The third kappa shape index (κ3) is 5.18. The van der Waals surface area contributed by atoms with Crippen LogP contribution in [0.25, 0.3) is 0 Å². The molecule has 0 saturated heterocycles. The number of methoxy groups -OCH3 is 2. The van der Waals surface area contributed by atoms with E-state index in [1.807, 2.05) is 5.38 Å². The lowest BCUT2D eigenvalue weighted by Crippen LogP contribution is -2.15. The molecule has 2 N–H and O–H groups in total. The van der Waals surface area contributed by atoms with E-state index in [4.69, 9.17) is 0 Å². The molecule has 0 aliphatic rings. The largest absolute Gasteiger partial charge is 0.466 e. The predicted molar refractivity (Wildman–Crippen MR) is 94.5 cm³/mol. The van der Waals surface area contributed by atoms with Crippen LogP contribution in [0.4, 0.5) is 11.4 Å². The van der Waals surface area contributed by atoms with Crippen LogP contribution in [0.3, 0.4) is 0 Å². The van der Waals surface area contributed by atoms with E-state index in [0.29, 0.717) is 16.3 Å². The first-order valence-electron chi connectivity index (χ1n) is 7.13. The van der Waals surface area contributed by atoms with Crippen molar-refractivity contribution in [3.05, 3.63) is 58.4 Å². The van der Waals surface area contributed by atoms with E-state index in [1.165, 1.54) is 25.6 Å². The van der Waals surface area contributed by atoms with Gasteiger partial charge < -0.3 is 20.1 Å². The smallest absolute Gasteiger partial charge is 0.354 e. The Kier molecular flexibility index (Phi) is 6.30. The number of ether oxygens (including phenoxy) is 2. The molecule has 0 atom stereocenters. The van der Waals surface area contributed by atoms with Gasteiger partial charge in [0.1, 0.15) is 5.70 Å². The monoisotopic (exact) mass is 360 g/mol. The van der Waals surface area contributed by atoms with Crippen molar-refractivity contribution in [1.29, 1.82) is 0 Å². The van der Waals surface area contributed by atoms with Crippen LogP contribution in [0.2, 0.25) is 0 Å². The SMILES string of the molecule is COC(=O)/C=C(/Nc1ccc(NC(=O)c2cccs2)cc1)C(=O)OC. The van der Waals surface area contributed by atoms with Gasteiger partial charge >= 0.3 is 11.9 Å². The molecular formula is C17H16N2O5S. The summed E-state index contributed by atoms with van der Waals surface area (Å²) in [6.07, 6.45) is 0.998. The Labute approximate surface area is 148 Å². The van der Waals surface area contributed by atoms with Gasteiger partial charge in [-0.05, 0) is 35.7 Å². The average molecular weight is 360 g/mol. The number of hydrogen-bond acceptors (Lipinski definition) is 7. The third-order valence-electron chi connectivity index (χ3n) is 3.04. The number of carbonyl (C=O) groups is 3. The standard InChI is InChI=1S/C17H16N2O5S/c1-23-15(20)10-13(17(22)24-2)18-11-5-7-12(8-6-11)19-16(21)14-4-3-9-25-14/h3-10,18H,1-2H3,(H,19,21)/b13-10+. The first-order valence-corrected chi connectivity index (χ1v) is 8.01. The van der Waals surface area contributed by atoms with Crippen LogP contribution in [0.15, 0.2) is 53.6 Å². The number of benzene rings is 1. The van der Waals surface area contributed by atoms with Crippen molar-refractivity contribution in [2.75, 3.05) is 24.9 Å². The Balaban J connectivity index is 2.07. The summed E-state index contributed by atoms with van der Waals surface area (Å²) < 4.78 is 9.12. The van der Waals surface area contributed by atoms with Crippen molar-refractivity contribution in [3.8, 4) is 0 Å². The zero-order valence-corrected chi connectivity index (χ0v) is 14.4. The molecule has 1 aromatic carbocycles. The van der Waals surface area contributed by atoms with Gasteiger partial charge in [0, 0.05) is 11.4 Å². The molecule has 25 heavy (non-hydrogen) atoms. The van der Waals surface area contributed by atoms with Crippen molar-refractivity contribution in [3.63, 3.8) is 0 Å². The number of carbonyl (C=O) groups excluding carboxylic acids is 3. The van der Waals surface area contributed by atoms with Crippen LogP contribution in [-0.4, -0.2) is 32.1 Å². The van der Waals surface area contributed by atoms with Gasteiger partial charge in [0.2, 0.25) is 0 Å². The molecule has 1 amide bonds. The molecule has 7 nitrogen and oxygen atoms in total. The Morgan fingerprint density at radius 3 is 2.12 bits per heavy atom. The van der Waals surface area contributed by atoms with Crippen molar-refractivity contribution in [1.82, 2.24) is 0 Å². The molecule has 0 fully saturated rings. The van der Waals surface area contributed by atoms with E-state index < -0.39 is 11.9 Å². The van der Waals surface area contributed by atoms with Crippen LogP contribution >= 0.6 is 11.3 Å². The molecule has 1 aromatic heterocycles. The Hall–Kier alpha value is -3.13. The second-order valence-corrected chi connectivity index (χ2v) is 5.65. The lowest BCUT2D eigenvalue weighted by Gasteiger charge is -2.10. The highest BCUT2D eigenvalue weighted by atomic mass is 32.1. The second kappa shape index (κ2) is 8.65. The quantitative estimate of drug-likeness (QED) is 0.608. The molecule has 1 heterocycles. The summed E-state index contributed by atoms with van der Waals surface area (Å²) in [4.78, 5) is 35.6. The molecule has 0 saturated carbocycles. The minimum atomic E-state index is -0.708. The van der Waals surface area contributed by atoms with Crippen LogP contribution < -0.4 is 10.6 Å². The van der Waals surface area contributed by atoms with Crippen molar-refractivity contribution in [2.24, 2.45) is 0 Å². The molecule has 130 valence electrons. The summed E-state index contributed by atoms with van der Waals surface area (Å²) in [6.45, 7) is 0. The van der Waals surface area contributed by atoms with E-state index in [9.17, 15) is 14.4 Å². The number of anilines is 2. The Morgan fingerprint density at radius 1 is 0.960 bits per heavy atom. The van der Waals surface area contributed by atoms with Crippen LogP contribution in [0, 0.1) is 0 Å². The van der Waals surface area contributed by atoms with Gasteiger partial charge in [-0.25, -0.2) is 9.59 Å². The number of amides is 1. The molecule has 0 spiro atoms. The van der Waals surface area contributed by atoms with Gasteiger partial charge in [0.05, 0.1) is 25.2 Å².